The van der Waals surface area contributed by atoms with Crippen molar-refractivity contribution in [3.63, 3.8) is 0 Å². The van der Waals surface area contributed by atoms with E-state index in [9.17, 15) is 9.18 Å². The van der Waals surface area contributed by atoms with Gasteiger partial charge in [-0.15, -0.1) is 0 Å². The van der Waals surface area contributed by atoms with Crippen molar-refractivity contribution < 1.29 is 13.9 Å². The molecule has 4 aromatic rings. The van der Waals surface area contributed by atoms with E-state index in [4.69, 9.17) is 4.74 Å². The quantitative estimate of drug-likeness (QED) is 0.584. The second-order valence-electron chi connectivity index (χ2n) is 5.42. The molecule has 1 aromatic heterocycles. The number of carbonyl (C=O) groups excluding carboxylic acids is 1. The zero-order valence-corrected chi connectivity index (χ0v) is 13.8. The molecule has 0 radical (unpaired) electrons. The van der Waals surface area contributed by atoms with Crippen LogP contribution < -0.4 is 10.1 Å². The summed E-state index contributed by atoms with van der Waals surface area (Å²) in [6.07, 6.45) is 0. The number of fused-ring (bicyclic) bond motifs is 3. The van der Waals surface area contributed by atoms with Gasteiger partial charge in [-0.2, -0.15) is 0 Å². The average molecular weight is 352 g/mol. The standard InChI is InChI=1S/C19H13FN2O2S/c20-14-7-3-4-8-15(14)24-11-17(23)21-19-22-18-13-6-2-1-5-12(13)9-10-16(18)25-19/h1-10H,11H2,(H,21,22,23). The Balaban J connectivity index is 1.51. The first-order chi connectivity index (χ1) is 12.2. The van der Waals surface area contributed by atoms with Crippen LogP contribution in [0.15, 0.2) is 60.7 Å². The molecule has 0 unspecified atom stereocenters. The molecule has 3 aromatic carbocycles. The summed E-state index contributed by atoms with van der Waals surface area (Å²) in [7, 11) is 0. The summed E-state index contributed by atoms with van der Waals surface area (Å²) in [4.78, 5) is 16.6. The van der Waals surface area contributed by atoms with Crippen molar-refractivity contribution in [2.45, 2.75) is 0 Å². The van der Waals surface area contributed by atoms with Gasteiger partial charge >= 0.3 is 0 Å². The van der Waals surface area contributed by atoms with Gasteiger partial charge in [0.1, 0.15) is 0 Å². The SMILES string of the molecule is O=C(COc1ccccc1F)Nc1nc2c(ccc3ccccc32)s1. The molecule has 1 N–H and O–H groups in total. The molecule has 124 valence electrons. The number of benzene rings is 3. The molecule has 0 aliphatic heterocycles. The van der Waals surface area contributed by atoms with Crippen LogP contribution in [0.4, 0.5) is 9.52 Å². The number of nitrogens with one attached hydrogen (secondary N) is 1. The second kappa shape index (κ2) is 6.49. The van der Waals surface area contributed by atoms with Gasteiger partial charge in [-0.25, -0.2) is 9.37 Å². The first kappa shape index (κ1) is 15.5. The van der Waals surface area contributed by atoms with E-state index >= 15 is 0 Å². The molecule has 0 saturated carbocycles. The molecule has 0 spiro atoms. The molecule has 4 rings (SSSR count). The van der Waals surface area contributed by atoms with Crippen molar-refractivity contribution in [3.05, 3.63) is 66.5 Å². The predicted octanol–water partition coefficient (Wildman–Crippen LogP) is 4.61. The fourth-order valence-corrected chi connectivity index (χ4v) is 3.47. The number of hydrogen-bond acceptors (Lipinski definition) is 4. The molecule has 0 aliphatic carbocycles. The number of amides is 1. The largest absolute Gasteiger partial charge is 0.481 e. The third-order valence-corrected chi connectivity index (χ3v) is 4.66. The fraction of sp³-hybridized carbons (Fsp3) is 0.0526. The maximum Gasteiger partial charge on any atom is 0.264 e. The third kappa shape index (κ3) is 3.16. The monoisotopic (exact) mass is 352 g/mol. The Morgan fingerprint density at radius 3 is 2.76 bits per heavy atom. The minimum absolute atomic E-state index is 0.0490. The number of thiazole rings is 1. The zero-order chi connectivity index (χ0) is 17.2. The maximum atomic E-state index is 13.5. The molecule has 0 atom stereocenters. The summed E-state index contributed by atoms with van der Waals surface area (Å²) in [5.74, 6) is -0.832. The second-order valence-corrected chi connectivity index (χ2v) is 6.45. The zero-order valence-electron chi connectivity index (χ0n) is 13.0. The minimum Gasteiger partial charge on any atom is -0.481 e. The summed E-state index contributed by atoms with van der Waals surface area (Å²) in [6.45, 7) is -0.280. The van der Waals surface area contributed by atoms with Gasteiger partial charge < -0.3 is 4.74 Å². The maximum absolute atomic E-state index is 13.5. The summed E-state index contributed by atoms with van der Waals surface area (Å²) < 4.78 is 19.7. The predicted molar refractivity (Wildman–Crippen MR) is 97.7 cm³/mol. The lowest BCUT2D eigenvalue weighted by Crippen LogP contribution is -2.20. The van der Waals surface area contributed by atoms with Crippen molar-refractivity contribution in [1.82, 2.24) is 4.98 Å². The number of aromatic nitrogens is 1. The first-order valence-electron chi connectivity index (χ1n) is 7.66. The van der Waals surface area contributed by atoms with Crippen molar-refractivity contribution in [3.8, 4) is 5.75 Å². The van der Waals surface area contributed by atoms with E-state index in [1.165, 1.54) is 23.5 Å². The van der Waals surface area contributed by atoms with Crippen LogP contribution in [0.1, 0.15) is 0 Å². The van der Waals surface area contributed by atoms with E-state index in [1.807, 2.05) is 36.4 Å². The van der Waals surface area contributed by atoms with Gasteiger partial charge in [0.25, 0.3) is 5.91 Å². The average Bonchev–Trinajstić information content (AvgIpc) is 3.04. The Kier molecular flexibility index (Phi) is 4.03. The number of halogens is 1. The minimum atomic E-state index is -0.498. The number of anilines is 1. The molecular formula is C19H13FN2O2S. The topological polar surface area (TPSA) is 51.2 Å². The van der Waals surface area contributed by atoms with Crippen molar-refractivity contribution >= 4 is 43.4 Å². The van der Waals surface area contributed by atoms with Crippen molar-refractivity contribution in [2.75, 3.05) is 11.9 Å². The summed E-state index contributed by atoms with van der Waals surface area (Å²) in [5.41, 5.74) is 0.855. The smallest absolute Gasteiger partial charge is 0.264 e. The van der Waals surface area contributed by atoms with E-state index in [0.29, 0.717) is 5.13 Å². The van der Waals surface area contributed by atoms with E-state index in [1.54, 1.807) is 12.1 Å². The van der Waals surface area contributed by atoms with Gasteiger partial charge in [-0.1, -0.05) is 53.8 Å². The lowest BCUT2D eigenvalue weighted by molar-refractivity contribution is -0.118. The normalized spacial score (nSPS) is 10.9. The van der Waals surface area contributed by atoms with Crippen LogP contribution in [0.2, 0.25) is 0 Å². The molecule has 0 bridgehead atoms. The van der Waals surface area contributed by atoms with Gasteiger partial charge in [0, 0.05) is 5.39 Å². The molecule has 0 fully saturated rings. The van der Waals surface area contributed by atoms with Crippen molar-refractivity contribution in [2.24, 2.45) is 0 Å². The van der Waals surface area contributed by atoms with E-state index in [0.717, 1.165) is 21.0 Å². The van der Waals surface area contributed by atoms with Gasteiger partial charge in [0.2, 0.25) is 0 Å². The Morgan fingerprint density at radius 2 is 1.88 bits per heavy atom. The number of hydrogen-bond donors (Lipinski definition) is 1. The van der Waals surface area contributed by atoms with Crippen LogP contribution in [-0.2, 0) is 4.79 Å². The van der Waals surface area contributed by atoms with Crippen LogP contribution in [0.5, 0.6) is 5.75 Å². The van der Waals surface area contributed by atoms with E-state index in [-0.39, 0.29) is 18.3 Å². The van der Waals surface area contributed by atoms with Gasteiger partial charge in [-0.3, -0.25) is 10.1 Å². The Bertz CT molecular complexity index is 1080. The summed E-state index contributed by atoms with van der Waals surface area (Å²) in [6, 6.07) is 18.0. The Morgan fingerprint density at radius 1 is 1.08 bits per heavy atom. The van der Waals surface area contributed by atoms with Crippen LogP contribution in [0.3, 0.4) is 0 Å². The van der Waals surface area contributed by atoms with Gasteiger partial charge in [0.05, 0.1) is 10.2 Å². The number of nitrogens with zero attached hydrogens (tertiary/aromatic N) is 1. The number of rotatable bonds is 4. The molecule has 25 heavy (non-hydrogen) atoms. The lowest BCUT2D eigenvalue weighted by atomic mass is 10.1. The third-order valence-electron chi connectivity index (χ3n) is 3.73. The van der Waals surface area contributed by atoms with Gasteiger partial charge in [-0.05, 0) is 23.6 Å². The molecule has 1 amide bonds. The molecule has 1 heterocycles. The van der Waals surface area contributed by atoms with Crippen LogP contribution in [0.25, 0.3) is 21.0 Å². The highest BCUT2D eigenvalue weighted by Gasteiger charge is 2.11. The molecule has 4 nitrogen and oxygen atoms in total. The van der Waals surface area contributed by atoms with E-state index < -0.39 is 5.82 Å². The number of carbonyl (C=O) groups is 1. The summed E-state index contributed by atoms with van der Waals surface area (Å²) in [5, 5.41) is 5.34. The number of para-hydroxylation sites is 1. The first-order valence-corrected chi connectivity index (χ1v) is 8.48. The van der Waals surface area contributed by atoms with Crippen LogP contribution in [0, 0.1) is 5.82 Å². The highest BCUT2D eigenvalue weighted by atomic mass is 32.1. The van der Waals surface area contributed by atoms with Crippen molar-refractivity contribution in [1.29, 1.82) is 0 Å². The van der Waals surface area contributed by atoms with Crippen LogP contribution >= 0.6 is 11.3 Å². The molecule has 0 saturated heterocycles. The highest BCUT2D eigenvalue weighted by molar-refractivity contribution is 7.22. The highest BCUT2D eigenvalue weighted by Crippen LogP contribution is 2.31. The Hall–Kier alpha value is -2.99. The Labute approximate surface area is 146 Å². The summed E-state index contributed by atoms with van der Waals surface area (Å²) >= 11 is 1.39. The van der Waals surface area contributed by atoms with Crippen LogP contribution in [-0.4, -0.2) is 17.5 Å². The fourth-order valence-electron chi connectivity index (χ4n) is 2.58. The number of ether oxygens (including phenoxy) is 1. The lowest BCUT2D eigenvalue weighted by Gasteiger charge is -2.06. The van der Waals surface area contributed by atoms with Gasteiger partial charge in [0.15, 0.2) is 23.3 Å². The molecular weight excluding hydrogens is 339 g/mol. The molecule has 0 aliphatic rings. The molecule has 6 heteroatoms. The van der Waals surface area contributed by atoms with E-state index in [2.05, 4.69) is 10.3 Å².